The van der Waals surface area contributed by atoms with Crippen molar-refractivity contribution in [3.63, 3.8) is 0 Å². The minimum Gasteiger partial charge on any atom is -0.338 e. The smallest absolute Gasteiger partial charge is 0.338 e. The van der Waals surface area contributed by atoms with Gasteiger partial charge in [0.1, 0.15) is 6.33 Å². The number of aryl methyl sites for hydroxylation is 2. The molecule has 1 amide bonds. The molecule has 1 aliphatic rings. The first-order valence-corrected chi connectivity index (χ1v) is 8.69. The number of amides is 1. The molecule has 134 valence electrons. The van der Waals surface area contributed by atoms with Gasteiger partial charge in [0.2, 0.25) is 0 Å². The topological polar surface area (TPSA) is 96.8 Å². The highest BCUT2D eigenvalue weighted by Crippen LogP contribution is 2.24. The number of fused-ring (bicyclic) bond motifs is 1. The Morgan fingerprint density at radius 3 is 2.65 bits per heavy atom. The second-order valence-electron chi connectivity index (χ2n) is 6.73. The molecule has 0 bridgehead atoms. The molecule has 1 fully saturated rings. The van der Waals surface area contributed by atoms with Crippen LogP contribution in [0.3, 0.4) is 0 Å². The number of piperidine rings is 1. The molecule has 1 saturated heterocycles. The van der Waals surface area contributed by atoms with Gasteiger partial charge in [0.05, 0.1) is 11.2 Å². The van der Waals surface area contributed by atoms with Crippen LogP contribution in [0.1, 0.15) is 40.5 Å². The van der Waals surface area contributed by atoms with E-state index in [0.717, 1.165) is 35.0 Å². The highest BCUT2D eigenvalue weighted by molar-refractivity contribution is 5.98. The number of benzene rings is 1. The summed E-state index contributed by atoms with van der Waals surface area (Å²) in [6.07, 6.45) is 3.00. The first-order valence-electron chi connectivity index (χ1n) is 8.69. The lowest BCUT2D eigenvalue weighted by Crippen LogP contribution is -2.40. The summed E-state index contributed by atoms with van der Waals surface area (Å²) in [6, 6.07) is 5.64. The highest BCUT2D eigenvalue weighted by Gasteiger charge is 2.25. The van der Waals surface area contributed by atoms with Gasteiger partial charge in [-0.1, -0.05) is 0 Å². The third-order valence-corrected chi connectivity index (χ3v) is 5.22. The number of hydrogen-bond donors (Lipinski definition) is 1. The van der Waals surface area contributed by atoms with Crippen molar-refractivity contribution in [2.45, 2.75) is 32.7 Å². The summed E-state index contributed by atoms with van der Waals surface area (Å²) >= 11 is 0. The van der Waals surface area contributed by atoms with E-state index >= 15 is 0 Å². The van der Waals surface area contributed by atoms with E-state index in [0.29, 0.717) is 18.7 Å². The summed E-state index contributed by atoms with van der Waals surface area (Å²) < 4.78 is 1.61. The number of likely N-dealkylation sites (tertiary alicyclic amines) is 1. The molecular formula is C18H20N6O2. The van der Waals surface area contributed by atoms with Crippen LogP contribution in [-0.2, 0) is 0 Å². The van der Waals surface area contributed by atoms with E-state index < -0.39 is 0 Å². The number of aromatic amines is 1. The molecule has 2 aromatic heterocycles. The van der Waals surface area contributed by atoms with E-state index in [-0.39, 0.29) is 17.6 Å². The van der Waals surface area contributed by atoms with Crippen LogP contribution in [0, 0.1) is 13.8 Å². The molecule has 1 aromatic carbocycles. The summed E-state index contributed by atoms with van der Waals surface area (Å²) in [5.41, 5.74) is 3.17. The van der Waals surface area contributed by atoms with Gasteiger partial charge in [-0.05, 0) is 50.5 Å². The Hall–Kier alpha value is -3.03. The van der Waals surface area contributed by atoms with Gasteiger partial charge < -0.3 is 4.90 Å². The summed E-state index contributed by atoms with van der Waals surface area (Å²) in [7, 11) is 0. The Labute approximate surface area is 149 Å². The largest absolute Gasteiger partial charge is 0.343 e. The fourth-order valence-corrected chi connectivity index (χ4v) is 3.50. The SMILES string of the molecule is Cc1nnc2ccc(C(=O)N3CCC(n4cn[nH]c4=O)CC3)cc2c1C. The van der Waals surface area contributed by atoms with Crippen LogP contribution in [-0.4, -0.2) is 48.9 Å². The standard InChI is InChI=1S/C18H20N6O2/c1-11-12(2)20-21-16-4-3-13(9-15(11)16)17(25)23-7-5-14(6-8-23)24-10-19-22-18(24)26/h3-4,9-10,14H,5-8H2,1-2H3,(H,22,26). The lowest BCUT2D eigenvalue weighted by atomic mass is 10.0. The second-order valence-corrected chi connectivity index (χ2v) is 6.73. The van der Waals surface area contributed by atoms with Gasteiger partial charge in [-0.2, -0.15) is 15.3 Å². The number of carbonyl (C=O) groups excluding carboxylic acids is 1. The molecule has 0 unspecified atom stereocenters. The van der Waals surface area contributed by atoms with Crippen molar-refractivity contribution < 1.29 is 4.79 Å². The molecule has 0 spiro atoms. The molecule has 0 atom stereocenters. The van der Waals surface area contributed by atoms with Crippen molar-refractivity contribution in [1.82, 2.24) is 29.9 Å². The number of H-pyrrole nitrogens is 1. The van der Waals surface area contributed by atoms with Crippen LogP contribution in [0.2, 0.25) is 0 Å². The van der Waals surface area contributed by atoms with E-state index in [1.54, 1.807) is 10.6 Å². The number of rotatable bonds is 2. The molecule has 8 nitrogen and oxygen atoms in total. The third-order valence-electron chi connectivity index (χ3n) is 5.22. The fourth-order valence-electron chi connectivity index (χ4n) is 3.50. The van der Waals surface area contributed by atoms with Gasteiger partial charge in [-0.25, -0.2) is 9.89 Å². The van der Waals surface area contributed by atoms with Crippen LogP contribution in [0.15, 0.2) is 29.3 Å². The Balaban J connectivity index is 1.53. The van der Waals surface area contributed by atoms with E-state index in [4.69, 9.17) is 0 Å². The van der Waals surface area contributed by atoms with Gasteiger partial charge in [-0.3, -0.25) is 9.36 Å². The Kier molecular flexibility index (Phi) is 4.02. The molecular weight excluding hydrogens is 332 g/mol. The van der Waals surface area contributed by atoms with E-state index in [9.17, 15) is 9.59 Å². The highest BCUT2D eigenvalue weighted by atomic mass is 16.2. The van der Waals surface area contributed by atoms with Crippen molar-refractivity contribution in [2.75, 3.05) is 13.1 Å². The maximum Gasteiger partial charge on any atom is 0.343 e. The monoisotopic (exact) mass is 352 g/mol. The lowest BCUT2D eigenvalue weighted by molar-refractivity contribution is 0.0693. The van der Waals surface area contributed by atoms with Gasteiger partial charge in [0, 0.05) is 30.1 Å². The fraction of sp³-hybridized carbons (Fsp3) is 0.389. The van der Waals surface area contributed by atoms with Crippen molar-refractivity contribution >= 4 is 16.8 Å². The predicted molar refractivity (Wildman–Crippen MR) is 96.0 cm³/mol. The summed E-state index contributed by atoms with van der Waals surface area (Å²) in [5.74, 6) is 0.0127. The second kappa shape index (κ2) is 6.36. The average Bonchev–Trinajstić information content (AvgIpc) is 3.10. The third kappa shape index (κ3) is 2.77. The molecule has 8 heteroatoms. The summed E-state index contributed by atoms with van der Waals surface area (Å²) in [4.78, 5) is 26.4. The van der Waals surface area contributed by atoms with Crippen LogP contribution in [0.25, 0.3) is 10.9 Å². The molecule has 0 radical (unpaired) electrons. The molecule has 1 aliphatic heterocycles. The van der Waals surface area contributed by atoms with Crippen LogP contribution in [0.5, 0.6) is 0 Å². The quantitative estimate of drug-likeness (QED) is 0.756. The zero-order chi connectivity index (χ0) is 18.3. The first kappa shape index (κ1) is 16.4. The molecule has 4 rings (SSSR count). The number of aromatic nitrogens is 5. The van der Waals surface area contributed by atoms with Crippen molar-refractivity contribution in [3.05, 3.63) is 51.8 Å². The van der Waals surface area contributed by atoms with Crippen LogP contribution < -0.4 is 5.69 Å². The lowest BCUT2D eigenvalue weighted by Gasteiger charge is -2.32. The normalized spacial score (nSPS) is 15.5. The van der Waals surface area contributed by atoms with Crippen molar-refractivity contribution in [2.24, 2.45) is 0 Å². The van der Waals surface area contributed by atoms with E-state index in [1.165, 1.54) is 6.33 Å². The predicted octanol–water partition coefficient (Wildman–Crippen LogP) is 1.61. The summed E-state index contributed by atoms with van der Waals surface area (Å²) in [6.45, 7) is 5.14. The van der Waals surface area contributed by atoms with Gasteiger partial charge in [-0.15, -0.1) is 0 Å². The number of carbonyl (C=O) groups is 1. The average molecular weight is 352 g/mol. The molecule has 0 saturated carbocycles. The zero-order valence-electron chi connectivity index (χ0n) is 14.8. The number of hydrogen-bond acceptors (Lipinski definition) is 5. The van der Waals surface area contributed by atoms with Gasteiger partial charge >= 0.3 is 5.69 Å². The molecule has 0 aliphatic carbocycles. The number of nitrogens with zero attached hydrogens (tertiary/aromatic N) is 5. The minimum atomic E-state index is -0.198. The van der Waals surface area contributed by atoms with E-state index in [2.05, 4.69) is 20.4 Å². The first-order chi connectivity index (χ1) is 12.5. The maximum absolute atomic E-state index is 12.9. The number of nitrogens with one attached hydrogen (secondary N) is 1. The molecule has 26 heavy (non-hydrogen) atoms. The van der Waals surface area contributed by atoms with Crippen LogP contribution in [0.4, 0.5) is 0 Å². The minimum absolute atomic E-state index is 0.0127. The van der Waals surface area contributed by atoms with Crippen molar-refractivity contribution in [3.8, 4) is 0 Å². The molecule has 3 heterocycles. The summed E-state index contributed by atoms with van der Waals surface area (Å²) in [5, 5.41) is 15.5. The van der Waals surface area contributed by atoms with Gasteiger partial charge in [0.25, 0.3) is 5.91 Å². The van der Waals surface area contributed by atoms with Crippen molar-refractivity contribution in [1.29, 1.82) is 0 Å². The Bertz CT molecular complexity index is 1030. The van der Waals surface area contributed by atoms with Crippen LogP contribution >= 0.6 is 0 Å². The zero-order valence-corrected chi connectivity index (χ0v) is 14.8. The maximum atomic E-state index is 12.9. The van der Waals surface area contributed by atoms with Gasteiger partial charge in [0.15, 0.2) is 0 Å². The Morgan fingerprint density at radius 1 is 1.19 bits per heavy atom. The molecule has 3 aromatic rings. The van der Waals surface area contributed by atoms with E-state index in [1.807, 2.05) is 30.9 Å². The Morgan fingerprint density at radius 2 is 1.96 bits per heavy atom. The molecule has 1 N–H and O–H groups in total.